The van der Waals surface area contributed by atoms with Crippen LogP contribution >= 0.6 is 0 Å². The first-order valence-electron chi connectivity index (χ1n) is 6.89. The van der Waals surface area contributed by atoms with Crippen molar-refractivity contribution in [1.29, 1.82) is 5.26 Å². The van der Waals surface area contributed by atoms with Crippen LogP contribution in [0.2, 0.25) is 0 Å². The molecule has 24 heavy (non-hydrogen) atoms. The number of nitrogens with one attached hydrogen (secondary N) is 1. The minimum Gasteiger partial charge on any atom is -0.506 e. The van der Waals surface area contributed by atoms with E-state index in [1.165, 1.54) is 18.5 Å². The van der Waals surface area contributed by atoms with Crippen molar-refractivity contribution in [3.8, 4) is 6.07 Å². The molecular formula is C17H10N4O3. The van der Waals surface area contributed by atoms with Gasteiger partial charge in [0.1, 0.15) is 17.4 Å². The Morgan fingerprint density at radius 1 is 1.21 bits per heavy atom. The molecule has 7 heteroatoms. The number of allylic oxidation sites excluding steroid dienone is 1. The molecule has 1 amide bonds. The van der Waals surface area contributed by atoms with Gasteiger partial charge in [-0.05, 0) is 12.1 Å². The maximum atomic E-state index is 12.3. The molecule has 0 saturated heterocycles. The van der Waals surface area contributed by atoms with Gasteiger partial charge < -0.3 is 5.11 Å². The van der Waals surface area contributed by atoms with Crippen LogP contribution in [0, 0.1) is 11.3 Å². The Bertz CT molecular complexity index is 940. The van der Waals surface area contributed by atoms with Gasteiger partial charge in [-0.2, -0.15) is 10.4 Å². The highest BCUT2D eigenvalue weighted by molar-refractivity contribution is 6.39. The SMILES string of the molecule is N#C/C(=N\NC(=O)c1cccnc1)C1=C(O)c2ccccc2C1=O. The first kappa shape index (κ1) is 15.1. The Morgan fingerprint density at radius 2 is 1.96 bits per heavy atom. The third-order valence-corrected chi connectivity index (χ3v) is 3.43. The Labute approximate surface area is 136 Å². The molecule has 0 saturated carbocycles. The van der Waals surface area contributed by atoms with Gasteiger partial charge in [0.2, 0.25) is 5.78 Å². The van der Waals surface area contributed by atoms with Gasteiger partial charge in [-0.15, -0.1) is 0 Å². The third kappa shape index (κ3) is 2.53. The number of nitrogens with zero attached hydrogens (tertiary/aromatic N) is 3. The number of pyridine rings is 1. The zero-order valence-corrected chi connectivity index (χ0v) is 12.2. The Kier molecular flexibility index (Phi) is 3.87. The molecule has 1 aromatic heterocycles. The Balaban J connectivity index is 1.91. The average molecular weight is 318 g/mol. The molecule has 0 fully saturated rings. The molecule has 0 unspecified atom stereocenters. The zero-order valence-electron chi connectivity index (χ0n) is 12.2. The number of nitriles is 1. The third-order valence-electron chi connectivity index (χ3n) is 3.43. The van der Waals surface area contributed by atoms with E-state index < -0.39 is 11.7 Å². The monoisotopic (exact) mass is 318 g/mol. The van der Waals surface area contributed by atoms with Gasteiger partial charge in [-0.3, -0.25) is 14.6 Å². The van der Waals surface area contributed by atoms with Crippen molar-refractivity contribution in [3.63, 3.8) is 0 Å². The van der Waals surface area contributed by atoms with E-state index in [9.17, 15) is 20.0 Å². The van der Waals surface area contributed by atoms with E-state index >= 15 is 0 Å². The zero-order chi connectivity index (χ0) is 17.1. The van der Waals surface area contributed by atoms with Gasteiger partial charge in [0.25, 0.3) is 5.91 Å². The van der Waals surface area contributed by atoms with Crippen molar-refractivity contribution in [3.05, 3.63) is 71.1 Å². The van der Waals surface area contributed by atoms with E-state index in [-0.39, 0.29) is 28.2 Å². The van der Waals surface area contributed by atoms with Crippen molar-refractivity contribution >= 4 is 23.2 Å². The molecule has 0 aliphatic heterocycles. The van der Waals surface area contributed by atoms with Crippen molar-refractivity contribution in [2.75, 3.05) is 0 Å². The van der Waals surface area contributed by atoms with Gasteiger partial charge in [-0.1, -0.05) is 24.3 Å². The summed E-state index contributed by atoms with van der Waals surface area (Å²) in [4.78, 5) is 28.1. The van der Waals surface area contributed by atoms with Gasteiger partial charge in [0.15, 0.2) is 5.71 Å². The van der Waals surface area contributed by atoms with Crippen LogP contribution in [0.15, 0.2) is 59.5 Å². The first-order chi connectivity index (χ1) is 11.6. The predicted molar refractivity (Wildman–Crippen MR) is 85.1 cm³/mol. The number of aliphatic hydroxyl groups excluding tert-OH is 1. The number of hydrazone groups is 1. The number of hydrogen-bond donors (Lipinski definition) is 2. The number of carbonyl (C=O) groups is 2. The van der Waals surface area contributed by atoms with Crippen molar-refractivity contribution < 1.29 is 14.7 Å². The minimum atomic E-state index is -0.584. The van der Waals surface area contributed by atoms with Crippen molar-refractivity contribution in [2.24, 2.45) is 5.10 Å². The maximum absolute atomic E-state index is 12.3. The summed E-state index contributed by atoms with van der Waals surface area (Å²) in [5.74, 6) is -1.43. The molecule has 7 nitrogen and oxygen atoms in total. The van der Waals surface area contributed by atoms with Crippen LogP contribution in [-0.2, 0) is 0 Å². The van der Waals surface area contributed by atoms with Crippen molar-refractivity contribution in [2.45, 2.75) is 0 Å². The van der Waals surface area contributed by atoms with Crippen LogP contribution in [0.1, 0.15) is 26.3 Å². The highest BCUT2D eigenvalue weighted by Gasteiger charge is 2.32. The number of hydrogen-bond acceptors (Lipinski definition) is 6. The minimum absolute atomic E-state index is 0.231. The van der Waals surface area contributed by atoms with Gasteiger partial charge in [0, 0.05) is 23.5 Å². The fourth-order valence-electron chi connectivity index (χ4n) is 2.29. The van der Waals surface area contributed by atoms with E-state index in [1.807, 2.05) is 0 Å². The fourth-order valence-corrected chi connectivity index (χ4v) is 2.29. The molecule has 2 aromatic rings. The summed E-state index contributed by atoms with van der Waals surface area (Å²) >= 11 is 0. The first-order valence-corrected chi connectivity index (χ1v) is 6.89. The summed E-state index contributed by atoms with van der Waals surface area (Å²) in [6.07, 6.45) is 2.85. The molecule has 1 aliphatic carbocycles. The number of rotatable bonds is 3. The molecule has 3 rings (SSSR count). The highest BCUT2D eigenvalue weighted by atomic mass is 16.3. The standard InChI is InChI=1S/C17H10N4O3/c18-8-13(20-21-17(24)10-4-3-7-19-9-10)14-15(22)11-5-1-2-6-12(11)16(14)23/h1-7,9,22H,(H,21,24)/b20-13+. The largest absolute Gasteiger partial charge is 0.506 e. The lowest BCUT2D eigenvalue weighted by molar-refractivity contribution is 0.0953. The summed E-state index contributed by atoms with van der Waals surface area (Å²) in [7, 11) is 0. The van der Waals surface area contributed by atoms with Crippen molar-refractivity contribution in [1.82, 2.24) is 10.4 Å². The number of fused-ring (bicyclic) bond motifs is 1. The molecular weight excluding hydrogens is 308 g/mol. The number of Topliss-reactive ketones (excluding diaryl/α,β-unsaturated/α-hetero) is 1. The average Bonchev–Trinajstić information content (AvgIpc) is 2.88. The van der Waals surface area contributed by atoms with Crippen LogP contribution in [0.3, 0.4) is 0 Å². The number of benzene rings is 1. The number of aromatic nitrogens is 1. The summed E-state index contributed by atoms with van der Waals surface area (Å²) in [5, 5.41) is 23.1. The summed E-state index contributed by atoms with van der Waals surface area (Å²) in [5.41, 5.74) is 2.45. The Hall–Kier alpha value is -3.79. The molecule has 116 valence electrons. The number of amides is 1. The lowest BCUT2D eigenvalue weighted by atomic mass is 10.1. The molecule has 1 aliphatic rings. The van der Waals surface area contributed by atoms with E-state index in [0.717, 1.165) is 0 Å². The van der Waals surface area contributed by atoms with Crippen LogP contribution in [0.5, 0.6) is 0 Å². The van der Waals surface area contributed by atoms with E-state index in [2.05, 4.69) is 15.5 Å². The van der Waals surface area contributed by atoms with Crippen LogP contribution < -0.4 is 5.43 Å². The molecule has 0 atom stereocenters. The predicted octanol–water partition coefficient (Wildman–Crippen LogP) is 1.86. The highest BCUT2D eigenvalue weighted by Crippen LogP contribution is 2.31. The summed E-state index contributed by atoms with van der Waals surface area (Å²) in [6.45, 7) is 0. The normalized spacial score (nSPS) is 13.5. The van der Waals surface area contributed by atoms with Gasteiger partial charge >= 0.3 is 0 Å². The second-order valence-electron chi connectivity index (χ2n) is 4.85. The molecule has 0 radical (unpaired) electrons. The van der Waals surface area contributed by atoms with Gasteiger partial charge in [0.05, 0.1) is 5.56 Å². The molecule has 1 aromatic carbocycles. The second kappa shape index (κ2) is 6.14. The maximum Gasteiger partial charge on any atom is 0.272 e. The lowest BCUT2D eigenvalue weighted by Crippen LogP contribution is -2.21. The molecule has 1 heterocycles. The number of carbonyl (C=O) groups excluding carboxylic acids is 2. The van der Waals surface area contributed by atoms with Crippen LogP contribution in [0.25, 0.3) is 5.76 Å². The number of ketones is 1. The molecule has 2 N–H and O–H groups in total. The summed E-state index contributed by atoms with van der Waals surface area (Å²) < 4.78 is 0. The number of aliphatic hydroxyl groups is 1. The molecule has 0 spiro atoms. The quantitative estimate of drug-likeness (QED) is 0.662. The molecule has 0 bridgehead atoms. The topological polar surface area (TPSA) is 115 Å². The van der Waals surface area contributed by atoms with Crippen LogP contribution in [0.4, 0.5) is 0 Å². The second-order valence-corrected chi connectivity index (χ2v) is 4.85. The van der Waals surface area contributed by atoms with E-state index in [1.54, 1.807) is 36.4 Å². The lowest BCUT2D eigenvalue weighted by Gasteiger charge is -2.01. The smallest absolute Gasteiger partial charge is 0.272 e. The summed E-state index contributed by atoms with van der Waals surface area (Å²) in [6, 6.07) is 11.3. The Morgan fingerprint density at radius 3 is 2.58 bits per heavy atom. The fraction of sp³-hybridized carbons (Fsp3) is 0. The van der Waals surface area contributed by atoms with Crippen LogP contribution in [-0.4, -0.2) is 27.5 Å². The van der Waals surface area contributed by atoms with E-state index in [4.69, 9.17) is 0 Å². The van der Waals surface area contributed by atoms with E-state index in [0.29, 0.717) is 5.56 Å². The van der Waals surface area contributed by atoms with Gasteiger partial charge in [-0.25, -0.2) is 5.43 Å².